The van der Waals surface area contributed by atoms with E-state index in [4.69, 9.17) is 17.0 Å². The molecule has 144 valence electrons. The molecule has 0 aromatic rings. The fraction of sp³-hybridized carbons (Fsp3) is 0.850. The lowest BCUT2D eigenvalue weighted by molar-refractivity contribution is 0.0367. The molecule has 2 rings (SSSR count). The van der Waals surface area contributed by atoms with Crippen LogP contribution in [0.25, 0.3) is 0 Å². The highest BCUT2D eigenvalue weighted by Crippen LogP contribution is 2.19. The van der Waals surface area contributed by atoms with Crippen molar-refractivity contribution in [3.8, 4) is 0 Å². The number of hydrogen-bond donors (Lipinski definition) is 1. The molecule has 0 saturated carbocycles. The zero-order valence-corrected chi connectivity index (χ0v) is 16.9. The number of hydrogen-bond acceptors (Lipinski definition) is 3. The number of ether oxygens (including phenoxy) is 1. The number of nitrogens with one attached hydrogen (secondary N) is 1. The van der Waals surface area contributed by atoms with E-state index in [1.807, 2.05) is 0 Å². The van der Waals surface area contributed by atoms with E-state index < -0.39 is 0 Å². The van der Waals surface area contributed by atoms with Gasteiger partial charge in [-0.3, -0.25) is 4.90 Å². The van der Waals surface area contributed by atoms with Crippen molar-refractivity contribution in [2.45, 2.75) is 51.9 Å². The molecule has 1 fully saturated rings. The van der Waals surface area contributed by atoms with Crippen LogP contribution in [0.5, 0.6) is 0 Å². The van der Waals surface area contributed by atoms with Gasteiger partial charge < -0.3 is 15.0 Å². The second-order valence-corrected chi connectivity index (χ2v) is 7.73. The lowest BCUT2D eigenvalue weighted by Crippen LogP contribution is -2.44. The van der Waals surface area contributed by atoms with Crippen molar-refractivity contribution in [3.05, 3.63) is 12.2 Å². The first-order valence-corrected chi connectivity index (χ1v) is 10.7. The Morgan fingerprint density at radius 1 is 1.24 bits per heavy atom. The molecule has 0 aromatic carbocycles. The fourth-order valence-corrected chi connectivity index (χ4v) is 3.87. The monoisotopic (exact) mass is 367 g/mol. The van der Waals surface area contributed by atoms with Crippen LogP contribution in [0, 0.1) is 5.92 Å². The summed E-state index contributed by atoms with van der Waals surface area (Å²) in [5.41, 5.74) is 0. The van der Waals surface area contributed by atoms with Gasteiger partial charge in [-0.05, 0) is 50.2 Å². The van der Waals surface area contributed by atoms with Gasteiger partial charge in [0.25, 0.3) is 0 Å². The minimum Gasteiger partial charge on any atom is -0.379 e. The molecule has 0 radical (unpaired) electrons. The second-order valence-electron chi connectivity index (χ2n) is 7.34. The van der Waals surface area contributed by atoms with Crippen LogP contribution in [0.2, 0.25) is 0 Å². The van der Waals surface area contributed by atoms with Gasteiger partial charge in [0.2, 0.25) is 0 Å². The molecular weight excluding hydrogens is 330 g/mol. The molecule has 25 heavy (non-hydrogen) atoms. The van der Waals surface area contributed by atoms with Crippen molar-refractivity contribution in [1.82, 2.24) is 15.1 Å². The molecule has 5 heteroatoms. The number of morpholine rings is 1. The molecule has 1 saturated heterocycles. The molecule has 1 heterocycles. The van der Waals surface area contributed by atoms with Gasteiger partial charge >= 0.3 is 0 Å². The topological polar surface area (TPSA) is 27.7 Å². The molecule has 0 bridgehead atoms. The summed E-state index contributed by atoms with van der Waals surface area (Å²) in [6.07, 6.45) is 13.3. The molecule has 1 N–H and O–H groups in total. The van der Waals surface area contributed by atoms with E-state index in [2.05, 4.69) is 34.2 Å². The van der Waals surface area contributed by atoms with E-state index in [0.717, 1.165) is 63.5 Å². The Morgan fingerprint density at radius 2 is 2.08 bits per heavy atom. The first kappa shape index (κ1) is 20.7. The average molecular weight is 368 g/mol. The standard InChI is InChI=1S/C20H37N3OS/c1-2-3-7-11-21-20(25)23(18-19-9-5-4-6-10-19)13-8-12-22-14-16-24-17-15-22/h4-5,19H,2-3,6-18H2,1H3,(H,21,25). The van der Waals surface area contributed by atoms with E-state index in [9.17, 15) is 0 Å². The SMILES string of the molecule is CCCCCNC(=S)N(CCCN1CCOCC1)CC1CC=CCC1. The number of thiocarbonyl (C=S) groups is 1. The Labute approximate surface area is 160 Å². The third kappa shape index (κ3) is 8.52. The molecule has 1 aliphatic carbocycles. The molecule has 0 aromatic heterocycles. The summed E-state index contributed by atoms with van der Waals surface area (Å²) in [7, 11) is 0. The Hall–Kier alpha value is -0.650. The van der Waals surface area contributed by atoms with E-state index in [0.29, 0.717) is 0 Å². The van der Waals surface area contributed by atoms with Gasteiger partial charge in [-0.2, -0.15) is 0 Å². The van der Waals surface area contributed by atoms with Crippen molar-refractivity contribution in [3.63, 3.8) is 0 Å². The minimum atomic E-state index is 0.753. The van der Waals surface area contributed by atoms with E-state index in [1.165, 1.54) is 44.9 Å². The third-order valence-corrected chi connectivity index (χ3v) is 5.61. The first-order valence-electron chi connectivity index (χ1n) is 10.3. The average Bonchev–Trinajstić information content (AvgIpc) is 2.66. The Bertz CT molecular complexity index is 396. The predicted molar refractivity (Wildman–Crippen MR) is 110 cm³/mol. The van der Waals surface area contributed by atoms with Gasteiger partial charge in [-0.15, -0.1) is 0 Å². The van der Waals surface area contributed by atoms with Crippen molar-refractivity contribution in [1.29, 1.82) is 0 Å². The summed E-state index contributed by atoms with van der Waals surface area (Å²) in [6.45, 7) is 10.5. The largest absolute Gasteiger partial charge is 0.379 e. The summed E-state index contributed by atoms with van der Waals surface area (Å²) < 4.78 is 5.44. The summed E-state index contributed by atoms with van der Waals surface area (Å²) >= 11 is 5.73. The zero-order valence-electron chi connectivity index (χ0n) is 16.0. The van der Waals surface area contributed by atoms with Crippen LogP contribution < -0.4 is 5.32 Å². The maximum atomic E-state index is 5.73. The van der Waals surface area contributed by atoms with Gasteiger partial charge in [0.1, 0.15) is 0 Å². The van der Waals surface area contributed by atoms with Crippen LogP contribution in [-0.2, 0) is 4.74 Å². The summed E-state index contributed by atoms with van der Waals surface area (Å²) in [4.78, 5) is 4.95. The quantitative estimate of drug-likeness (QED) is 0.363. The molecule has 1 aliphatic heterocycles. The van der Waals surface area contributed by atoms with Crippen molar-refractivity contribution < 1.29 is 4.74 Å². The smallest absolute Gasteiger partial charge is 0.168 e. The van der Waals surface area contributed by atoms with Gasteiger partial charge in [0.15, 0.2) is 5.11 Å². The Balaban J connectivity index is 1.75. The zero-order chi connectivity index (χ0) is 17.7. The summed E-state index contributed by atoms with van der Waals surface area (Å²) in [6, 6.07) is 0. The maximum absolute atomic E-state index is 5.73. The lowest BCUT2D eigenvalue weighted by Gasteiger charge is -2.32. The first-order chi connectivity index (χ1) is 12.3. The number of rotatable bonds is 10. The van der Waals surface area contributed by atoms with E-state index in [-0.39, 0.29) is 0 Å². The minimum absolute atomic E-state index is 0.753. The van der Waals surface area contributed by atoms with Crippen LogP contribution in [0.3, 0.4) is 0 Å². The highest BCUT2D eigenvalue weighted by atomic mass is 32.1. The highest BCUT2D eigenvalue weighted by molar-refractivity contribution is 7.80. The van der Waals surface area contributed by atoms with Crippen molar-refractivity contribution in [2.24, 2.45) is 5.92 Å². The second kappa shape index (κ2) is 12.7. The van der Waals surface area contributed by atoms with Crippen molar-refractivity contribution >= 4 is 17.3 Å². The molecule has 1 atom stereocenters. The molecule has 0 spiro atoms. The third-order valence-electron chi connectivity index (χ3n) is 5.21. The Kier molecular flexibility index (Phi) is 10.5. The maximum Gasteiger partial charge on any atom is 0.168 e. The molecule has 1 unspecified atom stereocenters. The predicted octanol–water partition coefficient (Wildman–Crippen LogP) is 3.43. The summed E-state index contributed by atoms with van der Waals surface area (Å²) in [5, 5.41) is 4.47. The van der Waals surface area contributed by atoms with E-state index in [1.54, 1.807) is 0 Å². The van der Waals surface area contributed by atoms with Gasteiger partial charge in [0.05, 0.1) is 13.2 Å². The summed E-state index contributed by atoms with van der Waals surface area (Å²) in [5.74, 6) is 0.753. The lowest BCUT2D eigenvalue weighted by atomic mass is 9.94. The number of nitrogens with zero attached hydrogens (tertiary/aromatic N) is 2. The van der Waals surface area contributed by atoms with Gasteiger partial charge in [-0.1, -0.05) is 31.9 Å². The normalized spacial score (nSPS) is 21.2. The van der Waals surface area contributed by atoms with Crippen LogP contribution in [0.15, 0.2) is 12.2 Å². The molecule has 2 aliphatic rings. The van der Waals surface area contributed by atoms with Crippen molar-refractivity contribution in [2.75, 3.05) is 52.5 Å². The van der Waals surface area contributed by atoms with Crippen LogP contribution in [0.1, 0.15) is 51.9 Å². The number of allylic oxidation sites excluding steroid dienone is 2. The van der Waals surface area contributed by atoms with E-state index >= 15 is 0 Å². The highest BCUT2D eigenvalue weighted by Gasteiger charge is 2.18. The molecule has 0 amide bonds. The Morgan fingerprint density at radius 3 is 2.80 bits per heavy atom. The van der Waals surface area contributed by atoms with Crippen LogP contribution in [0.4, 0.5) is 0 Å². The fourth-order valence-electron chi connectivity index (χ4n) is 3.60. The van der Waals surface area contributed by atoms with Crippen LogP contribution in [-0.4, -0.2) is 67.4 Å². The number of unbranched alkanes of at least 4 members (excludes halogenated alkanes) is 2. The van der Waals surface area contributed by atoms with Crippen LogP contribution >= 0.6 is 12.2 Å². The van der Waals surface area contributed by atoms with Gasteiger partial charge in [0, 0.05) is 39.3 Å². The molecular formula is C20H37N3OS. The molecule has 4 nitrogen and oxygen atoms in total. The van der Waals surface area contributed by atoms with Gasteiger partial charge in [-0.25, -0.2) is 0 Å².